The minimum Gasteiger partial charge on any atom is -0.398 e. The van der Waals surface area contributed by atoms with Gasteiger partial charge in [0.25, 0.3) is 0 Å². The highest BCUT2D eigenvalue weighted by atomic mass is 79.9. The molecule has 0 saturated carbocycles. The summed E-state index contributed by atoms with van der Waals surface area (Å²) in [4.78, 5) is 15.9. The van der Waals surface area contributed by atoms with Gasteiger partial charge in [0.1, 0.15) is 0 Å². The average Bonchev–Trinajstić information content (AvgIpc) is 2.87. The maximum absolute atomic E-state index is 12.8. The minimum absolute atomic E-state index is 0.0974. The number of halogens is 2. The molecule has 5 heteroatoms. The number of aromatic amines is 1. The Labute approximate surface area is 135 Å². The van der Waals surface area contributed by atoms with Gasteiger partial charge in [-0.25, -0.2) is 0 Å². The van der Waals surface area contributed by atoms with Gasteiger partial charge in [-0.3, -0.25) is 4.79 Å². The van der Waals surface area contributed by atoms with Crippen LogP contribution in [0.1, 0.15) is 21.5 Å². The molecule has 0 aliphatic carbocycles. The quantitative estimate of drug-likeness (QED) is 0.512. The molecule has 0 saturated heterocycles. The molecule has 3 rings (SSSR count). The predicted octanol–water partition coefficient (Wildman–Crippen LogP) is 4.71. The molecule has 0 radical (unpaired) electrons. The Hall–Kier alpha value is -1.78. The van der Waals surface area contributed by atoms with Crippen molar-refractivity contribution in [2.45, 2.75) is 6.92 Å². The van der Waals surface area contributed by atoms with Gasteiger partial charge in [0.2, 0.25) is 0 Å². The number of aromatic nitrogens is 1. The molecule has 0 aliphatic heterocycles. The van der Waals surface area contributed by atoms with Crippen LogP contribution in [0.2, 0.25) is 5.02 Å². The van der Waals surface area contributed by atoms with E-state index >= 15 is 0 Å². The number of nitrogens with two attached hydrogens (primary N) is 1. The standard InChI is InChI=1S/C16H12BrClN2O/c1-8-10(5-9(17)6-13(8)19)16(21)11-7-20-14-4-2-3-12(18)15(11)14/h2-7,20H,19H2,1H3. The molecule has 1 aromatic heterocycles. The highest BCUT2D eigenvalue weighted by molar-refractivity contribution is 9.10. The van der Waals surface area contributed by atoms with Crippen LogP contribution >= 0.6 is 27.5 Å². The lowest BCUT2D eigenvalue weighted by atomic mass is 9.97. The van der Waals surface area contributed by atoms with E-state index in [2.05, 4.69) is 20.9 Å². The summed E-state index contributed by atoms with van der Waals surface area (Å²) in [5.41, 5.74) is 9.25. The van der Waals surface area contributed by atoms with Crippen LogP contribution in [0, 0.1) is 6.92 Å². The highest BCUT2D eigenvalue weighted by Gasteiger charge is 2.19. The van der Waals surface area contributed by atoms with E-state index in [9.17, 15) is 4.79 Å². The molecular weight excluding hydrogens is 352 g/mol. The summed E-state index contributed by atoms with van der Waals surface area (Å²) in [6.45, 7) is 1.84. The highest BCUT2D eigenvalue weighted by Crippen LogP contribution is 2.30. The summed E-state index contributed by atoms with van der Waals surface area (Å²) >= 11 is 9.61. The first-order chi connectivity index (χ1) is 9.99. The Morgan fingerprint density at radius 3 is 2.81 bits per heavy atom. The number of H-pyrrole nitrogens is 1. The number of fused-ring (bicyclic) bond motifs is 1. The van der Waals surface area contributed by atoms with Crippen molar-refractivity contribution in [2.24, 2.45) is 0 Å². The van der Waals surface area contributed by atoms with Gasteiger partial charge in [-0.2, -0.15) is 0 Å². The maximum Gasteiger partial charge on any atom is 0.195 e. The fraction of sp³-hybridized carbons (Fsp3) is 0.0625. The Kier molecular flexibility index (Phi) is 3.51. The van der Waals surface area contributed by atoms with Crippen molar-refractivity contribution < 1.29 is 4.79 Å². The lowest BCUT2D eigenvalue weighted by Gasteiger charge is -2.08. The monoisotopic (exact) mass is 362 g/mol. The summed E-state index contributed by atoms with van der Waals surface area (Å²) in [6, 6.07) is 9.08. The fourth-order valence-electron chi connectivity index (χ4n) is 2.40. The van der Waals surface area contributed by atoms with Gasteiger partial charge in [-0.1, -0.05) is 33.6 Å². The molecule has 0 aliphatic rings. The molecule has 0 atom stereocenters. The largest absolute Gasteiger partial charge is 0.398 e. The van der Waals surface area contributed by atoms with Crippen LogP contribution in [0.25, 0.3) is 10.9 Å². The molecule has 0 spiro atoms. The van der Waals surface area contributed by atoms with Gasteiger partial charge in [-0.15, -0.1) is 0 Å². The first-order valence-corrected chi connectivity index (χ1v) is 7.52. The number of ketones is 1. The molecule has 3 nitrogen and oxygen atoms in total. The third-order valence-corrected chi connectivity index (χ3v) is 4.33. The molecule has 106 valence electrons. The maximum atomic E-state index is 12.8. The zero-order chi connectivity index (χ0) is 15.1. The second kappa shape index (κ2) is 5.20. The van der Waals surface area contributed by atoms with Crippen LogP contribution in [0.5, 0.6) is 0 Å². The first kappa shape index (κ1) is 14.2. The molecule has 3 N–H and O–H groups in total. The predicted molar refractivity (Wildman–Crippen MR) is 90.0 cm³/mol. The third kappa shape index (κ3) is 2.34. The van der Waals surface area contributed by atoms with Gasteiger partial charge in [0.05, 0.1) is 5.02 Å². The summed E-state index contributed by atoms with van der Waals surface area (Å²) in [7, 11) is 0. The average molecular weight is 364 g/mol. The molecule has 2 aromatic carbocycles. The van der Waals surface area contributed by atoms with E-state index in [0.29, 0.717) is 21.8 Å². The van der Waals surface area contributed by atoms with Crippen molar-refractivity contribution in [3.8, 4) is 0 Å². The number of hydrogen-bond acceptors (Lipinski definition) is 2. The molecule has 0 bridgehead atoms. The van der Waals surface area contributed by atoms with Gasteiger partial charge >= 0.3 is 0 Å². The second-order valence-electron chi connectivity index (χ2n) is 4.86. The van der Waals surface area contributed by atoms with Crippen LogP contribution in [0.15, 0.2) is 41.0 Å². The molecule has 0 fully saturated rings. The topological polar surface area (TPSA) is 58.9 Å². The van der Waals surface area contributed by atoms with Gasteiger partial charge in [0.15, 0.2) is 5.78 Å². The number of carbonyl (C=O) groups is 1. The van der Waals surface area contributed by atoms with E-state index in [1.807, 2.05) is 19.1 Å². The molecule has 21 heavy (non-hydrogen) atoms. The summed E-state index contributed by atoms with van der Waals surface area (Å²) in [6.07, 6.45) is 1.69. The summed E-state index contributed by atoms with van der Waals surface area (Å²) in [5.74, 6) is -0.0974. The Morgan fingerprint density at radius 1 is 1.29 bits per heavy atom. The number of anilines is 1. The van der Waals surface area contributed by atoms with Crippen molar-refractivity contribution >= 4 is 49.9 Å². The second-order valence-corrected chi connectivity index (χ2v) is 6.18. The molecule has 1 heterocycles. The van der Waals surface area contributed by atoms with Crippen molar-refractivity contribution in [3.63, 3.8) is 0 Å². The fourth-order valence-corrected chi connectivity index (χ4v) is 3.15. The van der Waals surface area contributed by atoms with Crippen LogP contribution in [-0.4, -0.2) is 10.8 Å². The van der Waals surface area contributed by atoms with E-state index in [1.54, 1.807) is 24.4 Å². The number of nitrogen functional groups attached to an aromatic ring is 1. The van der Waals surface area contributed by atoms with Crippen LogP contribution in [0.3, 0.4) is 0 Å². The van der Waals surface area contributed by atoms with E-state index < -0.39 is 0 Å². The van der Waals surface area contributed by atoms with Gasteiger partial charge in [-0.05, 0) is 36.8 Å². The van der Waals surface area contributed by atoms with Crippen molar-refractivity contribution in [2.75, 3.05) is 5.73 Å². The van der Waals surface area contributed by atoms with Crippen molar-refractivity contribution in [3.05, 3.63) is 62.7 Å². The van der Waals surface area contributed by atoms with E-state index in [-0.39, 0.29) is 5.78 Å². The van der Waals surface area contributed by atoms with Gasteiger partial charge < -0.3 is 10.7 Å². The van der Waals surface area contributed by atoms with E-state index in [1.165, 1.54) is 0 Å². The third-order valence-electron chi connectivity index (χ3n) is 3.56. The molecule has 3 aromatic rings. The summed E-state index contributed by atoms with van der Waals surface area (Å²) in [5, 5.41) is 1.29. The van der Waals surface area contributed by atoms with E-state index in [0.717, 1.165) is 20.9 Å². The van der Waals surface area contributed by atoms with Crippen LogP contribution in [-0.2, 0) is 0 Å². The Bertz CT molecular complexity index is 870. The van der Waals surface area contributed by atoms with Crippen molar-refractivity contribution in [1.29, 1.82) is 0 Å². The zero-order valence-electron chi connectivity index (χ0n) is 11.2. The molecular formula is C16H12BrClN2O. The lowest BCUT2D eigenvalue weighted by molar-refractivity contribution is 0.103. The number of hydrogen-bond donors (Lipinski definition) is 2. The molecule has 0 amide bonds. The van der Waals surface area contributed by atoms with E-state index in [4.69, 9.17) is 17.3 Å². The smallest absolute Gasteiger partial charge is 0.195 e. The summed E-state index contributed by atoms with van der Waals surface area (Å²) < 4.78 is 0.778. The lowest BCUT2D eigenvalue weighted by Crippen LogP contribution is -2.05. The van der Waals surface area contributed by atoms with Crippen molar-refractivity contribution in [1.82, 2.24) is 4.98 Å². The Balaban J connectivity index is 2.22. The number of benzene rings is 2. The number of carbonyl (C=O) groups excluding carboxylic acids is 1. The number of rotatable bonds is 2. The number of nitrogens with one attached hydrogen (secondary N) is 1. The van der Waals surface area contributed by atoms with Crippen LogP contribution in [0.4, 0.5) is 5.69 Å². The SMILES string of the molecule is Cc1c(N)cc(Br)cc1C(=O)c1c[nH]c2cccc(Cl)c12. The Morgan fingerprint density at radius 2 is 2.05 bits per heavy atom. The van der Waals surface area contributed by atoms with Gasteiger partial charge in [0, 0.05) is 38.4 Å². The first-order valence-electron chi connectivity index (χ1n) is 6.35. The normalized spacial score (nSPS) is 11.0. The zero-order valence-corrected chi connectivity index (χ0v) is 13.5. The minimum atomic E-state index is -0.0974. The van der Waals surface area contributed by atoms with Crippen LogP contribution < -0.4 is 5.73 Å². The molecule has 0 unspecified atom stereocenters.